The first-order chi connectivity index (χ1) is 9.84. The maximum atomic E-state index is 12.4. The maximum absolute atomic E-state index is 12.4. The number of aromatic hydroxyl groups is 1. The molecule has 0 radical (unpaired) electrons. The number of rotatable bonds is 2. The van der Waals surface area contributed by atoms with Crippen LogP contribution in [0.2, 0.25) is 0 Å². The normalized spacial score (nSPS) is 11.0. The van der Waals surface area contributed by atoms with Crippen molar-refractivity contribution in [2.45, 2.75) is 6.18 Å². The lowest BCUT2D eigenvalue weighted by Gasteiger charge is -2.10. The summed E-state index contributed by atoms with van der Waals surface area (Å²) in [5.41, 5.74) is -0.207. The van der Waals surface area contributed by atoms with Crippen LogP contribution in [0, 0.1) is 0 Å². The third kappa shape index (κ3) is 4.13. The van der Waals surface area contributed by atoms with Crippen LogP contribution in [0.3, 0.4) is 0 Å². The van der Waals surface area contributed by atoms with Crippen molar-refractivity contribution in [1.29, 1.82) is 0 Å². The van der Waals surface area contributed by atoms with Crippen LogP contribution < -0.4 is 10.6 Å². The number of amides is 2. The predicted octanol–water partition coefficient (Wildman–Crippen LogP) is 4.06. The Morgan fingerprint density at radius 3 is 2.14 bits per heavy atom. The highest BCUT2D eigenvalue weighted by atomic mass is 19.4. The van der Waals surface area contributed by atoms with E-state index in [2.05, 4.69) is 10.6 Å². The average molecular weight is 296 g/mol. The molecule has 0 atom stereocenters. The minimum absolute atomic E-state index is 0.0117. The molecular weight excluding hydrogens is 285 g/mol. The van der Waals surface area contributed by atoms with Gasteiger partial charge in [-0.25, -0.2) is 4.79 Å². The Morgan fingerprint density at radius 1 is 0.952 bits per heavy atom. The van der Waals surface area contributed by atoms with Crippen LogP contribution in [0.1, 0.15) is 5.56 Å². The Kier molecular flexibility index (Phi) is 4.02. The number of alkyl halides is 3. The fourth-order valence-electron chi connectivity index (χ4n) is 1.62. The molecule has 2 aromatic rings. The smallest absolute Gasteiger partial charge is 0.416 e. The van der Waals surface area contributed by atoms with E-state index in [1.807, 2.05) is 0 Å². The van der Waals surface area contributed by atoms with E-state index in [-0.39, 0.29) is 11.4 Å². The summed E-state index contributed by atoms with van der Waals surface area (Å²) in [5, 5.41) is 14.1. The highest BCUT2D eigenvalue weighted by Gasteiger charge is 2.29. The fraction of sp³-hybridized carbons (Fsp3) is 0.0714. The Labute approximate surface area is 118 Å². The van der Waals surface area contributed by atoms with E-state index in [1.54, 1.807) is 12.1 Å². The number of urea groups is 1. The highest BCUT2D eigenvalue weighted by Crippen LogP contribution is 2.29. The summed E-state index contributed by atoms with van der Waals surface area (Å²) in [6.45, 7) is 0. The first-order valence-corrected chi connectivity index (χ1v) is 5.89. The highest BCUT2D eigenvalue weighted by molar-refractivity contribution is 5.99. The number of hydrogen-bond donors (Lipinski definition) is 3. The van der Waals surface area contributed by atoms with E-state index in [4.69, 9.17) is 0 Å². The van der Waals surface area contributed by atoms with Gasteiger partial charge in [-0.05, 0) is 36.4 Å². The van der Waals surface area contributed by atoms with Gasteiger partial charge in [0.2, 0.25) is 0 Å². The fourth-order valence-corrected chi connectivity index (χ4v) is 1.62. The lowest BCUT2D eigenvalue weighted by atomic mass is 10.2. The monoisotopic (exact) mass is 296 g/mol. The van der Waals surface area contributed by atoms with Crippen molar-refractivity contribution in [2.75, 3.05) is 10.6 Å². The molecule has 7 heteroatoms. The van der Waals surface area contributed by atoms with Crippen LogP contribution in [-0.2, 0) is 6.18 Å². The van der Waals surface area contributed by atoms with Crippen LogP contribution in [-0.4, -0.2) is 11.1 Å². The lowest BCUT2D eigenvalue weighted by Crippen LogP contribution is -2.19. The van der Waals surface area contributed by atoms with Crippen molar-refractivity contribution >= 4 is 17.4 Å². The maximum Gasteiger partial charge on any atom is 0.416 e. The standard InChI is InChI=1S/C14H11F3N2O2/c15-14(16,17)9-4-6-10(7-5-9)18-13(21)19-11-2-1-3-12(20)8-11/h1-8,20H,(H2,18,19,21). The van der Waals surface area contributed by atoms with Gasteiger partial charge in [0.25, 0.3) is 0 Å². The number of hydrogen-bond acceptors (Lipinski definition) is 2. The van der Waals surface area contributed by atoms with Gasteiger partial charge in [-0.3, -0.25) is 0 Å². The van der Waals surface area contributed by atoms with Gasteiger partial charge in [-0.2, -0.15) is 13.2 Å². The van der Waals surface area contributed by atoms with Crippen molar-refractivity contribution < 1.29 is 23.1 Å². The molecule has 0 aliphatic heterocycles. The van der Waals surface area contributed by atoms with Crippen LogP contribution >= 0.6 is 0 Å². The number of phenols is 1. The zero-order valence-corrected chi connectivity index (χ0v) is 10.6. The number of benzene rings is 2. The van der Waals surface area contributed by atoms with Gasteiger partial charge in [0.1, 0.15) is 5.75 Å². The third-order valence-corrected chi connectivity index (χ3v) is 2.57. The number of carbonyl (C=O) groups excluding carboxylic acids is 1. The molecule has 21 heavy (non-hydrogen) atoms. The van der Waals surface area contributed by atoms with Crippen molar-refractivity contribution in [3.63, 3.8) is 0 Å². The Hall–Kier alpha value is -2.70. The minimum atomic E-state index is -4.41. The summed E-state index contributed by atoms with van der Waals surface area (Å²) < 4.78 is 37.2. The summed E-state index contributed by atoms with van der Waals surface area (Å²) in [5.74, 6) is -0.0117. The van der Waals surface area contributed by atoms with E-state index in [0.29, 0.717) is 5.69 Å². The van der Waals surface area contributed by atoms with E-state index in [9.17, 15) is 23.1 Å². The number of phenolic OH excluding ortho intramolecular Hbond substituents is 1. The molecule has 0 unspecified atom stereocenters. The number of carbonyl (C=O) groups is 1. The van der Waals surface area contributed by atoms with Gasteiger partial charge >= 0.3 is 12.2 Å². The van der Waals surface area contributed by atoms with Gasteiger partial charge in [-0.15, -0.1) is 0 Å². The molecule has 4 nitrogen and oxygen atoms in total. The second-order valence-electron chi connectivity index (χ2n) is 4.20. The van der Waals surface area contributed by atoms with Gasteiger partial charge in [-0.1, -0.05) is 6.07 Å². The quantitative estimate of drug-likeness (QED) is 0.782. The topological polar surface area (TPSA) is 61.4 Å². The lowest BCUT2D eigenvalue weighted by molar-refractivity contribution is -0.137. The third-order valence-electron chi connectivity index (χ3n) is 2.57. The summed E-state index contributed by atoms with van der Waals surface area (Å²) >= 11 is 0. The zero-order valence-electron chi connectivity index (χ0n) is 10.6. The molecule has 2 rings (SSSR count). The number of nitrogens with one attached hydrogen (secondary N) is 2. The van der Waals surface area contributed by atoms with Crippen molar-refractivity contribution in [1.82, 2.24) is 0 Å². The van der Waals surface area contributed by atoms with Crippen molar-refractivity contribution in [2.24, 2.45) is 0 Å². The SMILES string of the molecule is O=C(Nc1ccc(C(F)(F)F)cc1)Nc1cccc(O)c1. The first kappa shape index (κ1) is 14.7. The van der Waals surface area contributed by atoms with E-state index < -0.39 is 17.8 Å². The Morgan fingerprint density at radius 2 is 1.57 bits per heavy atom. The molecule has 0 aliphatic carbocycles. The molecule has 2 aromatic carbocycles. The molecule has 0 saturated carbocycles. The Balaban J connectivity index is 2.00. The molecule has 2 amide bonds. The molecule has 0 heterocycles. The summed E-state index contributed by atoms with van der Waals surface area (Å²) in [7, 11) is 0. The predicted molar refractivity (Wildman–Crippen MR) is 72.2 cm³/mol. The molecule has 0 fully saturated rings. The first-order valence-electron chi connectivity index (χ1n) is 5.89. The van der Waals surface area contributed by atoms with Crippen LogP contribution in [0.4, 0.5) is 29.3 Å². The largest absolute Gasteiger partial charge is 0.508 e. The van der Waals surface area contributed by atoms with E-state index in [1.165, 1.54) is 12.1 Å². The molecular formula is C14H11F3N2O2. The van der Waals surface area contributed by atoms with Crippen molar-refractivity contribution in [3.05, 3.63) is 54.1 Å². The molecule has 0 bridgehead atoms. The van der Waals surface area contributed by atoms with Crippen LogP contribution in [0.15, 0.2) is 48.5 Å². The van der Waals surface area contributed by atoms with Gasteiger partial charge in [0, 0.05) is 17.4 Å². The molecule has 3 N–H and O–H groups in total. The van der Waals surface area contributed by atoms with Gasteiger partial charge < -0.3 is 15.7 Å². The molecule has 0 spiro atoms. The summed E-state index contributed by atoms with van der Waals surface area (Å²) in [6, 6.07) is 9.34. The molecule has 110 valence electrons. The van der Waals surface area contributed by atoms with Crippen LogP contribution in [0.5, 0.6) is 5.75 Å². The van der Waals surface area contributed by atoms with Crippen LogP contribution in [0.25, 0.3) is 0 Å². The molecule has 0 saturated heterocycles. The van der Waals surface area contributed by atoms with E-state index >= 15 is 0 Å². The second-order valence-corrected chi connectivity index (χ2v) is 4.20. The average Bonchev–Trinajstić information content (AvgIpc) is 2.38. The van der Waals surface area contributed by atoms with Gasteiger partial charge in [0.05, 0.1) is 5.56 Å². The summed E-state index contributed by atoms with van der Waals surface area (Å²) in [6.07, 6.45) is -4.41. The number of anilines is 2. The second kappa shape index (κ2) is 5.74. The zero-order chi connectivity index (χ0) is 15.5. The minimum Gasteiger partial charge on any atom is -0.508 e. The number of halogens is 3. The van der Waals surface area contributed by atoms with Crippen molar-refractivity contribution in [3.8, 4) is 5.75 Å². The summed E-state index contributed by atoms with van der Waals surface area (Å²) in [4.78, 5) is 11.6. The molecule has 0 aliphatic rings. The van der Waals surface area contributed by atoms with E-state index in [0.717, 1.165) is 24.3 Å². The Bertz CT molecular complexity index is 639. The van der Waals surface area contributed by atoms with Gasteiger partial charge in [0.15, 0.2) is 0 Å². The molecule has 0 aromatic heterocycles.